The third kappa shape index (κ3) is 5.01. The van der Waals surface area contributed by atoms with Crippen LogP contribution in [0.5, 0.6) is 0 Å². The molecule has 7 heteroatoms. The SMILES string of the molecule is N#Cc1c(-c2ccccc2)nc(-c2ccc(-n3c4ccccc4c4c5c(c6ccccc6n5-c5ccccc5)c5oc6ccccc6c5c43)c3c2oc2ccccc23)nc1-c1ccccc1. The van der Waals surface area contributed by atoms with Crippen molar-refractivity contribution in [2.24, 2.45) is 0 Å². The Kier molecular flexibility index (Phi) is 7.62. The summed E-state index contributed by atoms with van der Waals surface area (Å²) in [6.45, 7) is 0. The molecule has 306 valence electrons. The maximum Gasteiger partial charge on any atom is 0.164 e. The lowest BCUT2D eigenvalue weighted by atomic mass is 9.99. The molecular weight excluding hydrogens is 811 g/mol. The Morgan fingerprint density at radius 2 is 0.879 bits per heavy atom. The molecule has 0 aliphatic rings. The van der Waals surface area contributed by atoms with Crippen molar-refractivity contribution in [3.63, 3.8) is 0 Å². The van der Waals surface area contributed by atoms with E-state index in [0.717, 1.165) is 110 Å². The number of rotatable bonds is 5. The van der Waals surface area contributed by atoms with Crippen LogP contribution in [0, 0.1) is 11.3 Å². The third-order valence-corrected chi connectivity index (χ3v) is 13.2. The molecule has 66 heavy (non-hydrogen) atoms. The number of para-hydroxylation sites is 5. The van der Waals surface area contributed by atoms with Crippen LogP contribution in [-0.2, 0) is 0 Å². The summed E-state index contributed by atoms with van der Waals surface area (Å²) >= 11 is 0. The zero-order valence-corrected chi connectivity index (χ0v) is 35.1. The quantitative estimate of drug-likeness (QED) is 0.172. The van der Waals surface area contributed by atoms with Crippen LogP contribution >= 0.6 is 0 Å². The van der Waals surface area contributed by atoms with Crippen molar-refractivity contribution in [3.8, 4) is 51.3 Å². The summed E-state index contributed by atoms with van der Waals surface area (Å²) in [4.78, 5) is 10.5. The summed E-state index contributed by atoms with van der Waals surface area (Å²) < 4.78 is 18.9. The van der Waals surface area contributed by atoms with Crippen molar-refractivity contribution >= 4 is 87.5 Å². The Bertz CT molecular complexity index is 4280. The number of nitriles is 1. The molecule has 7 nitrogen and oxygen atoms in total. The van der Waals surface area contributed by atoms with E-state index in [-0.39, 0.29) is 0 Å². The van der Waals surface area contributed by atoms with E-state index >= 15 is 0 Å². The highest BCUT2D eigenvalue weighted by atomic mass is 16.3. The summed E-state index contributed by atoms with van der Waals surface area (Å²) in [6, 6.07) is 71.0. The standard InChI is InChI=1S/C59H33N5O2/c60-34-43-53(35-18-4-1-5-19-35)61-59(62-54(43)36-20-6-2-7-21-36)42-32-33-46(49-40-26-12-16-30-47(40)65-57(42)49)64-45-29-15-10-24-38(45)50-55-51(58-52(56(50)64)41-27-13-17-31-48(41)66-58)39-25-11-14-28-44(39)63(55)37-22-8-3-9-23-37/h1-33H. The Balaban J connectivity index is 1.17. The summed E-state index contributed by atoms with van der Waals surface area (Å²) in [5, 5.41) is 19.1. The second-order valence-corrected chi connectivity index (χ2v) is 16.7. The Hall–Kier alpha value is -9.25. The molecule has 0 amide bonds. The first kappa shape index (κ1) is 36.3. The van der Waals surface area contributed by atoms with E-state index in [1.165, 1.54) is 0 Å². The predicted molar refractivity (Wildman–Crippen MR) is 266 cm³/mol. The van der Waals surface area contributed by atoms with E-state index in [1.807, 2.05) is 78.9 Å². The lowest BCUT2D eigenvalue weighted by molar-refractivity contribution is 0.669. The summed E-state index contributed by atoms with van der Waals surface area (Å²) in [6.07, 6.45) is 0. The fourth-order valence-electron chi connectivity index (χ4n) is 10.4. The molecule has 0 unspecified atom stereocenters. The fraction of sp³-hybridized carbons (Fsp3) is 0. The average Bonchev–Trinajstić information content (AvgIpc) is 4.15. The molecule has 0 saturated carbocycles. The maximum atomic E-state index is 10.7. The van der Waals surface area contributed by atoms with E-state index < -0.39 is 0 Å². The maximum absolute atomic E-state index is 10.7. The Labute approximate surface area is 376 Å². The van der Waals surface area contributed by atoms with Crippen molar-refractivity contribution < 1.29 is 8.83 Å². The van der Waals surface area contributed by atoms with Crippen molar-refractivity contribution in [2.75, 3.05) is 0 Å². The first-order chi connectivity index (χ1) is 32.7. The van der Waals surface area contributed by atoms with Gasteiger partial charge in [-0.3, -0.25) is 0 Å². The van der Waals surface area contributed by atoms with E-state index in [0.29, 0.717) is 28.4 Å². The molecule has 5 aromatic heterocycles. The van der Waals surface area contributed by atoms with Crippen LogP contribution in [-0.4, -0.2) is 19.1 Å². The number of hydrogen-bond acceptors (Lipinski definition) is 5. The molecule has 14 aromatic rings. The van der Waals surface area contributed by atoms with Crippen molar-refractivity contribution in [1.82, 2.24) is 19.1 Å². The highest BCUT2D eigenvalue weighted by Gasteiger charge is 2.30. The molecule has 5 heterocycles. The van der Waals surface area contributed by atoms with Crippen molar-refractivity contribution in [3.05, 3.63) is 206 Å². The summed E-state index contributed by atoms with van der Waals surface area (Å²) in [7, 11) is 0. The molecule has 14 rings (SSSR count). The van der Waals surface area contributed by atoms with Crippen LogP contribution in [0.15, 0.2) is 209 Å². The predicted octanol–water partition coefficient (Wildman–Crippen LogP) is 15.3. The fourth-order valence-corrected chi connectivity index (χ4v) is 10.4. The number of benzene rings is 9. The van der Waals surface area contributed by atoms with Gasteiger partial charge in [0.1, 0.15) is 34.0 Å². The minimum absolute atomic E-state index is 0.412. The number of fused-ring (bicyclic) bond motifs is 15. The molecule has 0 radical (unpaired) electrons. The Morgan fingerprint density at radius 1 is 0.409 bits per heavy atom. The number of hydrogen-bond donors (Lipinski definition) is 0. The molecular formula is C59H33N5O2. The van der Waals surface area contributed by atoms with Gasteiger partial charge in [-0.1, -0.05) is 152 Å². The number of nitrogens with zero attached hydrogens (tertiary/aromatic N) is 5. The second kappa shape index (κ2) is 13.9. The highest BCUT2D eigenvalue weighted by Crippen LogP contribution is 2.51. The van der Waals surface area contributed by atoms with Gasteiger partial charge in [0.05, 0.1) is 60.9 Å². The minimum atomic E-state index is 0.412. The van der Waals surface area contributed by atoms with Gasteiger partial charge in [-0.05, 0) is 48.5 Å². The molecule has 0 N–H and O–H groups in total. The lowest BCUT2D eigenvalue weighted by Crippen LogP contribution is -2.02. The molecule has 0 bridgehead atoms. The number of furan rings is 2. The van der Waals surface area contributed by atoms with Gasteiger partial charge in [-0.15, -0.1) is 0 Å². The summed E-state index contributed by atoms with van der Waals surface area (Å²) in [5.74, 6) is 0.460. The highest BCUT2D eigenvalue weighted by molar-refractivity contribution is 6.39. The summed E-state index contributed by atoms with van der Waals surface area (Å²) in [5.41, 5.74) is 13.2. The first-order valence-corrected chi connectivity index (χ1v) is 22.0. The van der Waals surface area contributed by atoms with Gasteiger partial charge in [0.25, 0.3) is 0 Å². The van der Waals surface area contributed by atoms with Gasteiger partial charge in [-0.25, -0.2) is 9.97 Å². The van der Waals surface area contributed by atoms with Gasteiger partial charge >= 0.3 is 0 Å². The monoisotopic (exact) mass is 843 g/mol. The van der Waals surface area contributed by atoms with E-state index in [1.54, 1.807) is 0 Å². The van der Waals surface area contributed by atoms with E-state index in [2.05, 4.69) is 137 Å². The number of aromatic nitrogens is 4. The van der Waals surface area contributed by atoms with Crippen LogP contribution in [0.1, 0.15) is 5.56 Å². The molecule has 0 aliphatic heterocycles. The van der Waals surface area contributed by atoms with Crippen LogP contribution < -0.4 is 0 Å². The van der Waals surface area contributed by atoms with Gasteiger partial charge in [0.2, 0.25) is 0 Å². The van der Waals surface area contributed by atoms with E-state index in [4.69, 9.17) is 18.8 Å². The normalized spacial score (nSPS) is 11.9. The third-order valence-electron chi connectivity index (χ3n) is 13.2. The topological polar surface area (TPSA) is 85.7 Å². The van der Waals surface area contributed by atoms with Gasteiger partial charge in [0, 0.05) is 43.7 Å². The van der Waals surface area contributed by atoms with E-state index in [9.17, 15) is 5.26 Å². The largest absolute Gasteiger partial charge is 0.455 e. The molecule has 0 saturated heterocycles. The van der Waals surface area contributed by atoms with Gasteiger partial charge < -0.3 is 18.0 Å². The molecule has 0 atom stereocenters. The Morgan fingerprint density at radius 3 is 1.50 bits per heavy atom. The minimum Gasteiger partial charge on any atom is -0.455 e. The molecule has 9 aromatic carbocycles. The van der Waals surface area contributed by atoms with Crippen LogP contribution in [0.3, 0.4) is 0 Å². The lowest BCUT2D eigenvalue weighted by Gasteiger charge is -2.15. The average molecular weight is 844 g/mol. The van der Waals surface area contributed by atoms with Crippen molar-refractivity contribution in [1.29, 1.82) is 5.26 Å². The smallest absolute Gasteiger partial charge is 0.164 e. The second-order valence-electron chi connectivity index (χ2n) is 16.7. The van der Waals surface area contributed by atoms with Crippen LogP contribution in [0.4, 0.5) is 0 Å². The van der Waals surface area contributed by atoms with Crippen LogP contribution in [0.2, 0.25) is 0 Å². The van der Waals surface area contributed by atoms with Gasteiger partial charge in [-0.2, -0.15) is 5.26 Å². The zero-order chi connectivity index (χ0) is 43.5. The van der Waals surface area contributed by atoms with Gasteiger partial charge in [0.15, 0.2) is 5.82 Å². The molecule has 0 spiro atoms. The zero-order valence-electron chi connectivity index (χ0n) is 35.1. The molecule has 0 aliphatic carbocycles. The van der Waals surface area contributed by atoms with Crippen molar-refractivity contribution in [2.45, 2.75) is 0 Å². The molecule has 0 fully saturated rings. The first-order valence-electron chi connectivity index (χ1n) is 22.0. The van der Waals surface area contributed by atoms with Crippen LogP contribution in [0.25, 0.3) is 133 Å².